The monoisotopic (exact) mass is 275 g/mol. The second kappa shape index (κ2) is 4.58. The lowest BCUT2D eigenvalue weighted by molar-refractivity contribution is -0.0227. The van der Waals surface area contributed by atoms with Gasteiger partial charge in [-0.2, -0.15) is 0 Å². The second-order valence-corrected chi connectivity index (χ2v) is 4.00. The van der Waals surface area contributed by atoms with E-state index in [0.29, 0.717) is 4.47 Å². The number of hydrogen-bond donors (Lipinski definition) is 0. The summed E-state index contributed by atoms with van der Waals surface area (Å²) in [6.45, 7) is 6.89. The van der Waals surface area contributed by atoms with Crippen LogP contribution in [0.15, 0.2) is 22.7 Å². The molecule has 15 heavy (non-hydrogen) atoms. The Bertz CT molecular complexity index is 395. The summed E-state index contributed by atoms with van der Waals surface area (Å²) in [6.07, 6.45) is 0. The average molecular weight is 276 g/mol. The Morgan fingerprint density at radius 3 is 2.73 bits per heavy atom. The number of rotatable bonds is 3. The molecule has 0 amide bonds. The topological polar surface area (TPSA) is 13.6 Å². The average Bonchev–Trinajstić information content (AvgIpc) is 2.14. The van der Waals surface area contributed by atoms with Gasteiger partial charge in [0.2, 0.25) is 5.69 Å². The standard InChI is InChI=1S/C10H8BrF2NO/c1-10(12,13)6-15-9-4-3-7(11)5-8(9)14-2/h3-5H,6H2,1H3. The van der Waals surface area contributed by atoms with Crippen molar-refractivity contribution < 1.29 is 13.5 Å². The molecule has 0 saturated carbocycles. The van der Waals surface area contributed by atoms with Crippen LogP contribution < -0.4 is 4.74 Å². The van der Waals surface area contributed by atoms with Crippen LogP contribution in [0.2, 0.25) is 0 Å². The van der Waals surface area contributed by atoms with E-state index in [1.54, 1.807) is 6.07 Å². The molecule has 0 aliphatic heterocycles. The highest BCUT2D eigenvalue weighted by Gasteiger charge is 2.22. The Morgan fingerprint density at radius 2 is 2.20 bits per heavy atom. The van der Waals surface area contributed by atoms with Crippen molar-refractivity contribution in [1.29, 1.82) is 0 Å². The first-order valence-corrected chi connectivity index (χ1v) is 4.89. The van der Waals surface area contributed by atoms with Gasteiger partial charge in [0, 0.05) is 11.4 Å². The zero-order valence-electron chi connectivity index (χ0n) is 7.93. The first kappa shape index (κ1) is 11.9. The molecule has 0 spiro atoms. The molecule has 0 aliphatic carbocycles. The second-order valence-electron chi connectivity index (χ2n) is 3.08. The molecule has 2 nitrogen and oxygen atoms in total. The fourth-order valence-electron chi connectivity index (χ4n) is 0.904. The fourth-order valence-corrected chi connectivity index (χ4v) is 1.25. The van der Waals surface area contributed by atoms with E-state index in [9.17, 15) is 8.78 Å². The molecule has 0 N–H and O–H groups in total. The van der Waals surface area contributed by atoms with Gasteiger partial charge < -0.3 is 4.74 Å². The molecule has 0 aromatic heterocycles. The van der Waals surface area contributed by atoms with Gasteiger partial charge in [0.05, 0.1) is 6.57 Å². The van der Waals surface area contributed by atoms with Gasteiger partial charge in [0.1, 0.15) is 12.4 Å². The first-order valence-electron chi connectivity index (χ1n) is 4.10. The third-order valence-corrected chi connectivity index (χ3v) is 2.02. The number of alkyl halides is 2. The van der Waals surface area contributed by atoms with E-state index in [4.69, 9.17) is 11.3 Å². The summed E-state index contributed by atoms with van der Waals surface area (Å²) >= 11 is 3.18. The van der Waals surface area contributed by atoms with Gasteiger partial charge in [0.15, 0.2) is 0 Å². The van der Waals surface area contributed by atoms with Crippen LogP contribution >= 0.6 is 15.9 Å². The van der Waals surface area contributed by atoms with Gasteiger partial charge in [-0.1, -0.05) is 15.9 Å². The Hall–Kier alpha value is -1.15. The predicted molar refractivity (Wildman–Crippen MR) is 56.5 cm³/mol. The SMILES string of the molecule is [C-]#[N+]c1cc(Br)ccc1OCC(C)(F)F. The minimum atomic E-state index is -2.90. The van der Waals surface area contributed by atoms with Crippen molar-refractivity contribution in [2.45, 2.75) is 12.8 Å². The molecule has 0 saturated heterocycles. The van der Waals surface area contributed by atoms with Crippen LogP contribution in [0.25, 0.3) is 4.85 Å². The van der Waals surface area contributed by atoms with Crippen molar-refractivity contribution in [2.24, 2.45) is 0 Å². The van der Waals surface area contributed by atoms with E-state index >= 15 is 0 Å². The largest absolute Gasteiger partial charge is 0.498 e. The lowest BCUT2D eigenvalue weighted by Crippen LogP contribution is -2.20. The maximum absolute atomic E-state index is 12.5. The Kier molecular flexibility index (Phi) is 3.64. The zero-order valence-corrected chi connectivity index (χ0v) is 9.51. The van der Waals surface area contributed by atoms with Gasteiger partial charge >= 0.3 is 0 Å². The minimum Gasteiger partial charge on any atom is -0.498 e. The summed E-state index contributed by atoms with van der Waals surface area (Å²) in [4.78, 5) is 3.18. The molecule has 0 fully saturated rings. The first-order chi connectivity index (χ1) is 6.92. The summed E-state index contributed by atoms with van der Waals surface area (Å²) in [5.41, 5.74) is 0.216. The molecular formula is C10H8BrF2NO. The third kappa shape index (κ3) is 3.84. The zero-order chi connectivity index (χ0) is 11.5. The summed E-state index contributed by atoms with van der Waals surface area (Å²) in [6, 6.07) is 4.65. The van der Waals surface area contributed by atoms with Crippen LogP contribution in [-0.2, 0) is 0 Å². The van der Waals surface area contributed by atoms with Crippen molar-refractivity contribution in [3.05, 3.63) is 34.1 Å². The fraction of sp³-hybridized carbons (Fsp3) is 0.300. The van der Waals surface area contributed by atoms with Gasteiger partial charge in [-0.15, -0.1) is 0 Å². The highest BCUT2D eigenvalue weighted by molar-refractivity contribution is 9.10. The van der Waals surface area contributed by atoms with E-state index in [1.807, 2.05) is 0 Å². The van der Waals surface area contributed by atoms with Crippen LogP contribution in [0.4, 0.5) is 14.5 Å². The Morgan fingerprint density at radius 1 is 1.53 bits per heavy atom. The number of ether oxygens (including phenoxy) is 1. The van der Waals surface area contributed by atoms with Crippen molar-refractivity contribution >= 4 is 21.6 Å². The van der Waals surface area contributed by atoms with Gasteiger partial charge in [-0.05, 0) is 18.2 Å². The third-order valence-electron chi connectivity index (χ3n) is 1.52. The quantitative estimate of drug-likeness (QED) is 0.760. The summed E-state index contributed by atoms with van der Waals surface area (Å²) in [5, 5.41) is 0. The highest BCUT2D eigenvalue weighted by atomic mass is 79.9. The molecule has 1 aromatic carbocycles. The molecule has 0 unspecified atom stereocenters. The number of benzene rings is 1. The molecule has 0 bridgehead atoms. The number of halogens is 3. The van der Waals surface area contributed by atoms with Crippen molar-refractivity contribution in [1.82, 2.24) is 0 Å². The summed E-state index contributed by atoms with van der Waals surface area (Å²) < 4.78 is 30.6. The molecule has 0 radical (unpaired) electrons. The van der Waals surface area contributed by atoms with Crippen LogP contribution in [-0.4, -0.2) is 12.5 Å². The number of nitrogens with zero attached hydrogens (tertiary/aromatic N) is 1. The van der Waals surface area contributed by atoms with Crippen LogP contribution in [0.5, 0.6) is 5.75 Å². The smallest absolute Gasteiger partial charge is 0.278 e. The van der Waals surface area contributed by atoms with E-state index in [1.165, 1.54) is 12.1 Å². The number of hydrogen-bond acceptors (Lipinski definition) is 1. The predicted octanol–water partition coefficient (Wildman–Crippen LogP) is 4.03. The van der Waals surface area contributed by atoms with Crippen molar-refractivity contribution in [2.75, 3.05) is 6.61 Å². The Balaban J connectivity index is 2.82. The van der Waals surface area contributed by atoms with Crippen LogP contribution in [0.3, 0.4) is 0 Å². The lowest BCUT2D eigenvalue weighted by atomic mass is 10.3. The molecule has 0 atom stereocenters. The van der Waals surface area contributed by atoms with Gasteiger partial charge in [-0.25, -0.2) is 13.6 Å². The molecule has 5 heteroatoms. The molecule has 0 aliphatic rings. The molecule has 1 aromatic rings. The highest BCUT2D eigenvalue weighted by Crippen LogP contribution is 2.31. The van der Waals surface area contributed by atoms with E-state index in [0.717, 1.165) is 6.92 Å². The summed E-state index contributed by atoms with van der Waals surface area (Å²) in [7, 11) is 0. The molecule has 1 rings (SSSR count). The van der Waals surface area contributed by atoms with E-state index in [-0.39, 0.29) is 11.4 Å². The van der Waals surface area contributed by atoms with Crippen LogP contribution in [0.1, 0.15) is 6.92 Å². The normalized spacial score (nSPS) is 10.9. The van der Waals surface area contributed by atoms with E-state index in [2.05, 4.69) is 20.8 Å². The Labute approximate surface area is 94.8 Å². The van der Waals surface area contributed by atoms with Gasteiger partial charge in [0.25, 0.3) is 5.92 Å². The van der Waals surface area contributed by atoms with Gasteiger partial charge in [-0.3, -0.25) is 0 Å². The maximum Gasteiger partial charge on any atom is 0.278 e. The van der Waals surface area contributed by atoms with Crippen molar-refractivity contribution in [3.8, 4) is 5.75 Å². The summed E-state index contributed by atoms with van der Waals surface area (Å²) in [5.74, 6) is -2.72. The minimum absolute atomic E-state index is 0.176. The molecular weight excluding hydrogens is 268 g/mol. The molecule has 0 heterocycles. The maximum atomic E-state index is 12.5. The molecule has 80 valence electrons. The lowest BCUT2D eigenvalue weighted by Gasteiger charge is -2.13. The van der Waals surface area contributed by atoms with Crippen LogP contribution in [0, 0.1) is 6.57 Å². The van der Waals surface area contributed by atoms with E-state index < -0.39 is 12.5 Å². The van der Waals surface area contributed by atoms with Crippen molar-refractivity contribution in [3.63, 3.8) is 0 Å².